The number of nitrogen functional groups attached to an aromatic ring is 1. The van der Waals surface area contributed by atoms with Gasteiger partial charge in [-0.15, -0.1) is 11.3 Å². The molecule has 2 rings (SSSR count). The average Bonchev–Trinajstić information content (AvgIpc) is 2.92. The van der Waals surface area contributed by atoms with Crippen LogP contribution in [0.15, 0.2) is 23.0 Å². The molecule has 5 nitrogen and oxygen atoms in total. The highest BCUT2D eigenvalue weighted by atomic mass is 32.1. The molecule has 0 atom stereocenters. The maximum absolute atomic E-state index is 5.86. The third-order valence-corrected chi connectivity index (χ3v) is 3.25. The SMILES string of the molecule is CC(C)COc1nc(NCCc2cscn2)ccc1N. The topological polar surface area (TPSA) is 73.1 Å². The quantitative estimate of drug-likeness (QED) is 0.821. The number of ether oxygens (including phenoxy) is 1. The minimum atomic E-state index is 0.442. The number of aromatic nitrogens is 2. The van der Waals surface area contributed by atoms with Gasteiger partial charge in [0.2, 0.25) is 5.88 Å². The van der Waals surface area contributed by atoms with E-state index in [-0.39, 0.29) is 0 Å². The summed E-state index contributed by atoms with van der Waals surface area (Å²) in [6.45, 7) is 5.57. The predicted octanol–water partition coefficient (Wildman–Crippen LogP) is 2.81. The van der Waals surface area contributed by atoms with E-state index >= 15 is 0 Å². The van der Waals surface area contributed by atoms with Gasteiger partial charge >= 0.3 is 0 Å². The molecule has 0 unspecified atom stereocenters. The number of rotatable bonds is 7. The number of hydrogen-bond donors (Lipinski definition) is 2. The summed E-state index contributed by atoms with van der Waals surface area (Å²) < 4.78 is 5.60. The molecule has 0 aromatic carbocycles. The Bertz CT molecular complexity index is 528. The van der Waals surface area contributed by atoms with Crippen molar-refractivity contribution in [1.29, 1.82) is 0 Å². The molecule has 2 aromatic heterocycles. The minimum absolute atomic E-state index is 0.442. The third-order valence-electron chi connectivity index (χ3n) is 2.61. The van der Waals surface area contributed by atoms with Gasteiger partial charge in [-0.25, -0.2) is 4.98 Å². The van der Waals surface area contributed by atoms with Gasteiger partial charge < -0.3 is 15.8 Å². The molecule has 0 spiro atoms. The number of nitrogens with zero attached hydrogens (tertiary/aromatic N) is 2. The summed E-state index contributed by atoms with van der Waals surface area (Å²) in [5, 5.41) is 5.31. The zero-order valence-electron chi connectivity index (χ0n) is 11.8. The lowest BCUT2D eigenvalue weighted by molar-refractivity contribution is 0.263. The zero-order chi connectivity index (χ0) is 14.4. The molecular weight excluding hydrogens is 272 g/mol. The summed E-state index contributed by atoms with van der Waals surface area (Å²) in [5.41, 5.74) is 9.36. The number of pyridine rings is 1. The molecule has 3 N–H and O–H groups in total. The van der Waals surface area contributed by atoms with Gasteiger partial charge in [-0.2, -0.15) is 4.98 Å². The van der Waals surface area contributed by atoms with Gasteiger partial charge in [-0.3, -0.25) is 0 Å². The van der Waals surface area contributed by atoms with Crippen molar-refractivity contribution >= 4 is 22.8 Å². The lowest BCUT2D eigenvalue weighted by atomic mass is 10.2. The van der Waals surface area contributed by atoms with Crippen molar-refractivity contribution in [3.05, 3.63) is 28.7 Å². The molecule has 0 aliphatic carbocycles. The maximum atomic E-state index is 5.86. The van der Waals surface area contributed by atoms with Crippen molar-refractivity contribution in [3.8, 4) is 5.88 Å². The number of nitrogens with two attached hydrogens (primary N) is 1. The Morgan fingerprint density at radius 2 is 2.25 bits per heavy atom. The molecule has 0 amide bonds. The monoisotopic (exact) mass is 292 g/mol. The molecule has 0 radical (unpaired) electrons. The third kappa shape index (κ3) is 4.38. The standard InChI is InChI=1S/C14H20N4OS/c1-10(2)7-19-14-12(15)3-4-13(18-14)16-6-5-11-8-20-9-17-11/h3-4,8-10H,5-7,15H2,1-2H3,(H,16,18). The first-order valence-electron chi connectivity index (χ1n) is 6.65. The van der Waals surface area contributed by atoms with Crippen molar-refractivity contribution in [2.75, 3.05) is 24.2 Å². The van der Waals surface area contributed by atoms with Gasteiger partial charge in [0.25, 0.3) is 0 Å². The number of thiazole rings is 1. The van der Waals surface area contributed by atoms with Gasteiger partial charge in [0.05, 0.1) is 23.5 Å². The Labute approximate surface area is 123 Å². The van der Waals surface area contributed by atoms with Crippen molar-refractivity contribution in [1.82, 2.24) is 9.97 Å². The molecule has 108 valence electrons. The van der Waals surface area contributed by atoms with Crippen LogP contribution in [0.4, 0.5) is 11.5 Å². The first-order chi connectivity index (χ1) is 9.65. The summed E-state index contributed by atoms with van der Waals surface area (Å²) in [5.74, 6) is 1.71. The number of nitrogens with one attached hydrogen (secondary N) is 1. The van der Waals surface area contributed by atoms with Gasteiger partial charge in [-0.1, -0.05) is 13.8 Å². The fourth-order valence-electron chi connectivity index (χ4n) is 1.59. The first-order valence-corrected chi connectivity index (χ1v) is 7.59. The van der Waals surface area contributed by atoms with E-state index in [0.29, 0.717) is 24.1 Å². The lowest BCUT2D eigenvalue weighted by Gasteiger charge is -2.12. The fourth-order valence-corrected chi connectivity index (χ4v) is 2.18. The number of hydrogen-bond acceptors (Lipinski definition) is 6. The smallest absolute Gasteiger partial charge is 0.239 e. The first kappa shape index (κ1) is 14.6. The van der Waals surface area contributed by atoms with Gasteiger partial charge in [0.1, 0.15) is 5.82 Å². The van der Waals surface area contributed by atoms with E-state index in [0.717, 1.165) is 24.5 Å². The van der Waals surface area contributed by atoms with Crippen LogP contribution in [0, 0.1) is 5.92 Å². The summed E-state index contributed by atoms with van der Waals surface area (Å²) in [7, 11) is 0. The van der Waals surface area contributed by atoms with Crippen molar-refractivity contribution in [3.63, 3.8) is 0 Å². The molecule has 2 heterocycles. The van der Waals surface area contributed by atoms with Crippen LogP contribution in [0.5, 0.6) is 5.88 Å². The van der Waals surface area contributed by atoms with Gasteiger partial charge in [0.15, 0.2) is 0 Å². The molecular formula is C14H20N4OS. The van der Waals surface area contributed by atoms with E-state index in [1.54, 1.807) is 11.3 Å². The largest absolute Gasteiger partial charge is 0.476 e. The Kier molecular flexibility index (Phi) is 5.17. The molecule has 2 aromatic rings. The van der Waals surface area contributed by atoms with Crippen LogP contribution >= 0.6 is 11.3 Å². The van der Waals surface area contributed by atoms with Crippen LogP contribution in [0.2, 0.25) is 0 Å². The lowest BCUT2D eigenvalue weighted by Crippen LogP contribution is -2.10. The van der Waals surface area contributed by atoms with Crippen molar-refractivity contribution < 1.29 is 4.74 Å². The van der Waals surface area contributed by atoms with Crippen LogP contribution in [-0.2, 0) is 6.42 Å². The predicted molar refractivity (Wildman–Crippen MR) is 83.3 cm³/mol. The summed E-state index contributed by atoms with van der Waals surface area (Å²) in [4.78, 5) is 8.63. The van der Waals surface area contributed by atoms with Crippen LogP contribution < -0.4 is 15.8 Å². The summed E-state index contributed by atoms with van der Waals surface area (Å²) in [6.07, 6.45) is 0.873. The molecule has 0 fully saturated rings. The van der Waals surface area contributed by atoms with E-state index in [4.69, 9.17) is 10.5 Å². The van der Waals surface area contributed by atoms with E-state index in [2.05, 4.69) is 34.5 Å². The Balaban J connectivity index is 1.89. The highest BCUT2D eigenvalue weighted by molar-refractivity contribution is 7.07. The number of anilines is 2. The highest BCUT2D eigenvalue weighted by Crippen LogP contribution is 2.21. The van der Waals surface area contributed by atoms with E-state index in [1.807, 2.05) is 17.6 Å². The maximum Gasteiger partial charge on any atom is 0.239 e. The normalized spacial score (nSPS) is 10.8. The Morgan fingerprint density at radius 1 is 1.40 bits per heavy atom. The molecule has 6 heteroatoms. The molecule has 20 heavy (non-hydrogen) atoms. The van der Waals surface area contributed by atoms with Gasteiger partial charge in [0, 0.05) is 18.3 Å². The summed E-state index contributed by atoms with van der Waals surface area (Å²) in [6, 6.07) is 3.67. The molecule has 0 aliphatic heterocycles. The van der Waals surface area contributed by atoms with E-state index in [9.17, 15) is 0 Å². The second-order valence-electron chi connectivity index (χ2n) is 4.95. The van der Waals surface area contributed by atoms with Crippen LogP contribution in [0.3, 0.4) is 0 Å². The average molecular weight is 292 g/mol. The minimum Gasteiger partial charge on any atom is -0.476 e. The van der Waals surface area contributed by atoms with Crippen LogP contribution in [-0.4, -0.2) is 23.1 Å². The van der Waals surface area contributed by atoms with Crippen LogP contribution in [0.25, 0.3) is 0 Å². The zero-order valence-corrected chi connectivity index (χ0v) is 12.6. The molecule has 0 bridgehead atoms. The molecule has 0 saturated heterocycles. The highest BCUT2D eigenvalue weighted by Gasteiger charge is 2.05. The van der Waals surface area contributed by atoms with E-state index in [1.165, 1.54) is 0 Å². The summed E-state index contributed by atoms with van der Waals surface area (Å²) >= 11 is 1.61. The van der Waals surface area contributed by atoms with Crippen molar-refractivity contribution in [2.24, 2.45) is 5.92 Å². The van der Waals surface area contributed by atoms with Crippen LogP contribution in [0.1, 0.15) is 19.5 Å². The molecule has 0 saturated carbocycles. The Morgan fingerprint density at radius 3 is 2.95 bits per heavy atom. The van der Waals surface area contributed by atoms with Crippen molar-refractivity contribution in [2.45, 2.75) is 20.3 Å². The van der Waals surface area contributed by atoms with E-state index < -0.39 is 0 Å². The second-order valence-corrected chi connectivity index (χ2v) is 5.67. The fraction of sp³-hybridized carbons (Fsp3) is 0.429. The second kappa shape index (κ2) is 7.09. The molecule has 0 aliphatic rings. The Hall–Kier alpha value is -1.82. The van der Waals surface area contributed by atoms with Gasteiger partial charge in [-0.05, 0) is 18.1 Å².